The number of aromatic nitrogens is 1. The Morgan fingerprint density at radius 3 is 2.93 bits per heavy atom. The first-order valence-electron chi connectivity index (χ1n) is 5.32. The second kappa shape index (κ2) is 4.06. The van der Waals surface area contributed by atoms with Crippen LogP contribution >= 0.6 is 0 Å². The van der Waals surface area contributed by atoms with Crippen molar-refractivity contribution in [1.82, 2.24) is 15.6 Å². The third kappa shape index (κ3) is 2.21. The van der Waals surface area contributed by atoms with Gasteiger partial charge in [0.05, 0.1) is 12.0 Å². The van der Waals surface area contributed by atoms with E-state index < -0.39 is 0 Å². The van der Waals surface area contributed by atoms with Crippen molar-refractivity contribution < 1.29 is 4.79 Å². The summed E-state index contributed by atoms with van der Waals surface area (Å²) in [5.41, 5.74) is 0.921. The van der Waals surface area contributed by atoms with Gasteiger partial charge in [-0.15, -0.1) is 0 Å². The van der Waals surface area contributed by atoms with Crippen LogP contribution in [-0.2, 0) is 11.3 Å². The van der Waals surface area contributed by atoms with Crippen LogP contribution in [0.4, 0.5) is 0 Å². The highest BCUT2D eigenvalue weighted by Crippen LogP contribution is 2.45. The van der Waals surface area contributed by atoms with Crippen LogP contribution in [0.15, 0.2) is 18.3 Å². The molecule has 0 aliphatic heterocycles. The molecule has 1 amide bonds. The van der Waals surface area contributed by atoms with Gasteiger partial charge in [-0.2, -0.15) is 0 Å². The van der Waals surface area contributed by atoms with Crippen LogP contribution in [0.25, 0.3) is 0 Å². The Morgan fingerprint density at radius 1 is 1.60 bits per heavy atom. The topological polar surface area (TPSA) is 56.9 Å². The normalized spacial score (nSPS) is 17.4. The lowest BCUT2D eigenvalue weighted by atomic mass is 10.1. The van der Waals surface area contributed by atoms with E-state index in [9.17, 15) is 4.79 Å². The number of hydrogen-bond donors (Lipinski definition) is 3. The number of amides is 1. The van der Waals surface area contributed by atoms with Crippen molar-refractivity contribution in [3.05, 3.63) is 24.0 Å². The van der Waals surface area contributed by atoms with Crippen molar-refractivity contribution in [1.29, 1.82) is 0 Å². The zero-order chi connectivity index (χ0) is 10.7. The molecule has 0 bridgehead atoms. The van der Waals surface area contributed by atoms with E-state index in [1.54, 1.807) is 0 Å². The van der Waals surface area contributed by atoms with E-state index in [1.807, 2.05) is 25.4 Å². The summed E-state index contributed by atoms with van der Waals surface area (Å²) in [5, 5.41) is 6.04. The average molecular weight is 207 g/mol. The van der Waals surface area contributed by atoms with E-state index in [0.29, 0.717) is 6.54 Å². The summed E-state index contributed by atoms with van der Waals surface area (Å²) in [6.45, 7) is 1.38. The molecule has 0 radical (unpaired) electrons. The monoisotopic (exact) mass is 207 g/mol. The van der Waals surface area contributed by atoms with Gasteiger partial charge in [-0.3, -0.25) is 4.79 Å². The van der Waals surface area contributed by atoms with E-state index in [2.05, 4.69) is 15.6 Å². The van der Waals surface area contributed by atoms with Gasteiger partial charge >= 0.3 is 0 Å². The van der Waals surface area contributed by atoms with Crippen LogP contribution in [0, 0.1) is 5.41 Å². The highest BCUT2D eigenvalue weighted by molar-refractivity contribution is 5.85. The van der Waals surface area contributed by atoms with Gasteiger partial charge in [0.1, 0.15) is 0 Å². The molecule has 1 aliphatic rings. The van der Waals surface area contributed by atoms with Crippen LogP contribution in [0.3, 0.4) is 0 Å². The van der Waals surface area contributed by atoms with Crippen molar-refractivity contribution in [3.8, 4) is 0 Å². The Labute approximate surface area is 89.5 Å². The summed E-state index contributed by atoms with van der Waals surface area (Å²) in [5.74, 6) is 0.173. The lowest BCUT2D eigenvalue weighted by Gasteiger charge is -2.14. The summed E-state index contributed by atoms with van der Waals surface area (Å²) < 4.78 is 0. The van der Waals surface area contributed by atoms with E-state index in [0.717, 1.165) is 25.1 Å². The Kier molecular flexibility index (Phi) is 2.77. The molecule has 0 atom stereocenters. The minimum absolute atomic E-state index is 0.124. The number of hydrogen-bond acceptors (Lipinski definition) is 2. The van der Waals surface area contributed by atoms with Crippen LogP contribution in [0.1, 0.15) is 18.5 Å². The summed E-state index contributed by atoms with van der Waals surface area (Å²) in [6, 6.07) is 3.90. The average Bonchev–Trinajstić information content (AvgIpc) is 2.83. The van der Waals surface area contributed by atoms with Gasteiger partial charge in [0.15, 0.2) is 0 Å². The van der Waals surface area contributed by atoms with Crippen molar-refractivity contribution in [3.63, 3.8) is 0 Å². The first-order chi connectivity index (χ1) is 7.27. The number of rotatable bonds is 5. The maximum absolute atomic E-state index is 11.8. The van der Waals surface area contributed by atoms with E-state index >= 15 is 0 Å². The maximum Gasteiger partial charge on any atom is 0.227 e. The van der Waals surface area contributed by atoms with Crippen molar-refractivity contribution >= 4 is 5.91 Å². The zero-order valence-electron chi connectivity index (χ0n) is 8.97. The highest BCUT2D eigenvalue weighted by Gasteiger charge is 2.48. The summed E-state index contributed by atoms with van der Waals surface area (Å²) >= 11 is 0. The van der Waals surface area contributed by atoms with E-state index in [4.69, 9.17) is 0 Å². The minimum Gasteiger partial charge on any atom is -0.364 e. The molecule has 2 rings (SSSR count). The van der Waals surface area contributed by atoms with Gasteiger partial charge in [0.2, 0.25) is 5.91 Å². The van der Waals surface area contributed by atoms with Crippen molar-refractivity contribution in [2.75, 3.05) is 13.6 Å². The minimum atomic E-state index is -0.124. The molecule has 4 heteroatoms. The number of carbonyl (C=O) groups excluding carboxylic acids is 1. The Morgan fingerprint density at radius 2 is 2.40 bits per heavy atom. The van der Waals surface area contributed by atoms with Gasteiger partial charge in [-0.25, -0.2) is 0 Å². The SMILES string of the molecule is CNCC1(C(=O)NCc2ccc[nH]2)CC1. The highest BCUT2D eigenvalue weighted by atomic mass is 16.2. The third-order valence-corrected chi connectivity index (χ3v) is 2.95. The number of H-pyrrole nitrogens is 1. The molecule has 0 unspecified atom stereocenters. The molecule has 0 spiro atoms. The fraction of sp³-hybridized carbons (Fsp3) is 0.545. The van der Waals surface area contributed by atoms with Crippen molar-refractivity contribution in [2.45, 2.75) is 19.4 Å². The molecule has 1 aromatic rings. The first-order valence-corrected chi connectivity index (χ1v) is 5.32. The van der Waals surface area contributed by atoms with E-state index in [1.165, 1.54) is 0 Å². The fourth-order valence-corrected chi connectivity index (χ4v) is 1.81. The van der Waals surface area contributed by atoms with Crippen molar-refractivity contribution in [2.24, 2.45) is 5.41 Å². The maximum atomic E-state index is 11.8. The molecule has 82 valence electrons. The molecule has 4 nitrogen and oxygen atoms in total. The largest absolute Gasteiger partial charge is 0.364 e. The molecule has 1 aliphatic carbocycles. The predicted octanol–water partition coefficient (Wildman–Crippen LogP) is 0.630. The molecule has 1 saturated carbocycles. The molecule has 3 N–H and O–H groups in total. The van der Waals surface area contributed by atoms with Crippen LogP contribution in [0.5, 0.6) is 0 Å². The molecule has 1 heterocycles. The Balaban J connectivity index is 1.82. The molecular weight excluding hydrogens is 190 g/mol. The molecular formula is C11H17N3O. The molecule has 0 aromatic carbocycles. The molecule has 1 fully saturated rings. The van der Waals surface area contributed by atoms with E-state index in [-0.39, 0.29) is 11.3 Å². The zero-order valence-corrected chi connectivity index (χ0v) is 8.97. The van der Waals surface area contributed by atoms with Gasteiger partial charge in [-0.1, -0.05) is 0 Å². The predicted molar refractivity (Wildman–Crippen MR) is 58.2 cm³/mol. The number of aromatic amines is 1. The summed E-state index contributed by atoms with van der Waals surface area (Å²) in [4.78, 5) is 14.9. The van der Waals surface area contributed by atoms with Gasteiger partial charge in [-0.05, 0) is 32.0 Å². The Bertz CT molecular complexity index is 328. The second-order valence-corrected chi connectivity index (χ2v) is 4.19. The first kappa shape index (κ1) is 10.2. The third-order valence-electron chi connectivity index (χ3n) is 2.95. The lowest BCUT2D eigenvalue weighted by molar-refractivity contribution is -0.126. The quantitative estimate of drug-likeness (QED) is 0.663. The molecule has 1 aromatic heterocycles. The van der Waals surface area contributed by atoms with Gasteiger partial charge < -0.3 is 15.6 Å². The van der Waals surface area contributed by atoms with Crippen LogP contribution in [-0.4, -0.2) is 24.5 Å². The second-order valence-electron chi connectivity index (χ2n) is 4.19. The standard InChI is InChI=1S/C11H17N3O/c1-12-8-11(4-5-11)10(15)14-7-9-3-2-6-13-9/h2-3,6,12-13H,4-5,7-8H2,1H3,(H,14,15). The Hall–Kier alpha value is -1.29. The van der Waals surface area contributed by atoms with Gasteiger partial charge in [0, 0.05) is 18.4 Å². The molecule has 15 heavy (non-hydrogen) atoms. The summed E-state index contributed by atoms with van der Waals surface area (Å²) in [7, 11) is 1.89. The van der Waals surface area contributed by atoms with Gasteiger partial charge in [0.25, 0.3) is 0 Å². The summed E-state index contributed by atoms with van der Waals surface area (Å²) in [6.07, 6.45) is 3.87. The van der Waals surface area contributed by atoms with Crippen LogP contribution in [0.2, 0.25) is 0 Å². The smallest absolute Gasteiger partial charge is 0.227 e. The number of carbonyl (C=O) groups is 1. The number of nitrogens with one attached hydrogen (secondary N) is 3. The fourth-order valence-electron chi connectivity index (χ4n) is 1.81. The van der Waals surface area contributed by atoms with Crippen LogP contribution < -0.4 is 10.6 Å². The molecule has 0 saturated heterocycles. The lowest BCUT2D eigenvalue weighted by Crippen LogP contribution is -2.37.